The molecular formula is C11H24N2. The molecule has 1 aliphatic heterocycles. The van der Waals surface area contributed by atoms with Crippen LogP contribution in [0.15, 0.2) is 0 Å². The summed E-state index contributed by atoms with van der Waals surface area (Å²) in [7, 11) is 2.24. The number of rotatable bonds is 4. The molecule has 0 amide bonds. The Bertz CT molecular complexity index is 139. The van der Waals surface area contributed by atoms with Crippen LogP contribution in [0.2, 0.25) is 0 Å². The van der Waals surface area contributed by atoms with Gasteiger partial charge in [-0.15, -0.1) is 0 Å². The van der Waals surface area contributed by atoms with Crippen molar-refractivity contribution in [2.75, 3.05) is 20.1 Å². The van der Waals surface area contributed by atoms with Gasteiger partial charge < -0.3 is 10.2 Å². The zero-order chi connectivity index (χ0) is 9.84. The zero-order valence-corrected chi connectivity index (χ0v) is 9.51. The summed E-state index contributed by atoms with van der Waals surface area (Å²) >= 11 is 0. The van der Waals surface area contributed by atoms with Crippen LogP contribution >= 0.6 is 0 Å². The molecule has 0 saturated carbocycles. The molecule has 1 saturated heterocycles. The summed E-state index contributed by atoms with van der Waals surface area (Å²) in [5.41, 5.74) is 0. The summed E-state index contributed by atoms with van der Waals surface area (Å²) in [5, 5.41) is 3.54. The van der Waals surface area contributed by atoms with Crippen LogP contribution in [0.1, 0.15) is 33.6 Å². The van der Waals surface area contributed by atoms with Gasteiger partial charge in [0.25, 0.3) is 0 Å². The summed E-state index contributed by atoms with van der Waals surface area (Å²) in [4.78, 5) is 2.48. The van der Waals surface area contributed by atoms with E-state index < -0.39 is 0 Å². The molecule has 1 heterocycles. The minimum Gasteiger partial charge on any atom is -0.313 e. The molecular weight excluding hydrogens is 160 g/mol. The molecule has 1 unspecified atom stereocenters. The van der Waals surface area contributed by atoms with Crippen LogP contribution in [0.3, 0.4) is 0 Å². The van der Waals surface area contributed by atoms with Crippen molar-refractivity contribution in [2.45, 2.75) is 45.7 Å². The van der Waals surface area contributed by atoms with Gasteiger partial charge in [0.15, 0.2) is 0 Å². The fraction of sp³-hybridized carbons (Fsp3) is 1.00. The lowest BCUT2D eigenvalue weighted by molar-refractivity contribution is 0.192. The molecule has 2 nitrogen and oxygen atoms in total. The average molecular weight is 184 g/mol. The predicted molar refractivity (Wildman–Crippen MR) is 58.0 cm³/mol. The van der Waals surface area contributed by atoms with Crippen LogP contribution in [0.4, 0.5) is 0 Å². The highest BCUT2D eigenvalue weighted by Crippen LogP contribution is 2.11. The topological polar surface area (TPSA) is 15.3 Å². The quantitative estimate of drug-likeness (QED) is 0.715. The minimum absolute atomic E-state index is 0.697. The number of nitrogens with one attached hydrogen (secondary N) is 1. The Hall–Kier alpha value is -0.0800. The predicted octanol–water partition coefficient (Wildman–Crippen LogP) is 1.71. The summed E-state index contributed by atoms with van der Waals surface area (Å²) in [5.74, 6) is 0.756. The van der Waals surface area contributed by atoms with Gasteiger partial charge in [0.2, 0.25) is 0 Å². The van der Waals surface area contributed by atoms with Crippen molar-refractivity contribution in [1.82, 2.24) is 10.2 Å². The maximum atomic E-state index is 3.54. The van der Waals surface area contributed by atoms with Gasteiger partial charge in [-0.2, -0.15) is 0 Å². The van der Waals surface area contributed by atoms with Gasteiger partial charge in [-0.1, -0.05) is 13.8 Å². The van der Waals surface area contributed by atoms with Crippen molar-refractivity contribution in [3.8, 4) is 0 Å². The molecule has 0 aromatic rings. The van der Waals surface area contributed by atoms with Crippen molar-refractivity contribution in [3.05, 3.63) is 0 Å². The highest BCUT2D eigenvalue weighted by molar-refractivity contribution is 4.79. The monoisotopic (exact) mass is 184 g/mol. The van der Waals surface area contributed by atoms with Gasteiger partial charge in [0.1, 0.15) is 0 Å². The van der Waals surface area contributed by atoms with E-state index in [1.807, 2.05) is 0 Å². The van der Waals surface area contributed by atoms with Crippen molar-refractivity contribution in [3.63, 3.8) is 0 Å². The Labute approximate surface area is 82.7 Å². The van der Waals surface area contributed by atoms with Crippen LogP contribution < -0.4 is 5.32 Å². The lowest BCUT2D eigenvalue weighted by Gasteiger charge is -2.30. The van der Waals surface area contributed by atoms with E-state index in [4.69, 9.17) is 0 Å². The van der Waals surface area contributed by atoms with Gasteiger partial charge in [-0.25, -0.2) is 0 Å². The maximum absolute atomic E-state index is 3.54. The standard InChI is InChI=1S/C11H24N2/c1-9(2)10(3)13(4)8-11-6-5-7-12-11/h9-12H,5-8H2,1-4H3/t10?,11-/m0/s1. The molecule has 2 heteroatoms. The van der Waals surface area contributed by atoms with Gasteiger partial charge in [-0.05, 0) is 39.3 Å². The first-order valence-electron chi connectivity index (χ1n) is 5.55. The van der Waals surface area contributed by atoms with Crippen LogP contribution in [-0.4, -0.2) is 37.1 Å². The van der Waals surface area contributed by atoms with Crippen LogP contribution in [-0.2, 0) is 0 Å². The molecule has 1 rings (SSSR count). The minimum atomic E-state index is 0.697. The average Bonchev–Trinajstić information content (AvgIpc) is 2.55. The largest absolute Gasteiger partial charge is 0.313 e. The molecule has 0 bridgehead atoms. The molecule has 1 aliphatic rings. The molecule has 78 valence electrons. The highest BCUT2D eigenvalue weighted by atomic mass is 15.2. The van der Waals surface area contributed by atoms with Crippen molar-refractivity contribution < 1.29 is 0 Å². The number of hydrogen-bond donors (Lipinski definition) is 1. The first kappa shape index (κ1) is 11.0. The molecule has 1 fully saturated rings. The Balaban J connectivity index is 2.26. The summed E-state index contributed by atoms with van der Waals surface area (Å²) in [6.45, 7) is 9.33. The summed E-state index contributed by atoms with van der Waals surface area (Å²) in [6, 6.07) is 1.44. The second-order valence-corrected chi connectivity index (χ2v) is 4.72. The van der Waals surface area contributed by atoms with E-state index in [1.165, 1.54) is 25.9 Å². The second-order valence-electron chi connectivity index (χ2n) is 4.72. The van der Waals surface area contributed by atoms with Crippen molar-refractivity contribution in [1.29, 1.82) is 0 Å². The first-order chi connectivity index (χ1) is 6.11. The third-order valence-corrected chi connectivity index (χ3v) is 3.33. The zero-order valence-electron chi connectivity index (χ0n) is 9.51. The van der Waals surface area contributed by atoms with E-state index in [-0.39, 0.29) is 0 Å². The fourth-order valence-corrected chi connectivity index (χ4v) is 1.94. The van der Waals surface area contributed by atoms with Gasteiger partial charge in [-0.3, -0.25) is 0 Å². The molecule has 1 N–H and O–H groups in total. The first-order valence-corrected chi connectivity index (χ1v) is 5.55. The van der Waals surface area contributed by atoms with E-state index in [0.29, 0.717) is 6.04 Å². The van der Waals surface area contributed by atoms with E-state index >= 15 is 0 Å². The maximum Gasteiger partial charge on any atom is 0.0195 e. The third-order valence-electron chi connectivity index (χ3n) is 3.33. The molecule has 2 atom stereocenters. The van der Waals surface area contributed by atoms with E-state index in [9.17, 15) is 0 Å². The SMILES string of the molecule is CC(C)C(C)N(C)C[C@@H]1CCCN1. The summed E-state index contributed by atoms with van der Waals surface area (Å²) < 4.78 is 0. The van der Waals surface area contributed by atoms with Gasteiger partial charge in [0, 0.05) is 18.6 Å². The normalized spacial score (nSPS) is 25.8. The number of likely N-dealkylation sites (N-methyl/N-ethyl adjacent to an activating group) is 1. The molecule has 0 radical (unpaired) electrons. The Morgan fingerprint density at radius 1 is 1.38 bits per heavy atom. The molecule has 0 aliphatic carbocycles. The van der Waals surface area contributed by atoms with Crippen LogP contribution in [0, 0.1) is 5.92 Å². The lowest BCUT2D eigenvalue weighted by Crippen LogP contribution is -2.41. The number of hydrogen-bond acceptors (Lipinski definition) is 2. The summed E-state index contributed by atoms with van der Waals surface area (Å²) in [6.07, 6.45) is 2.71. The van der Waals surface area contributed by atoms with E-state index in [0.717, 1.165) is 12.0 Å². The highest BCUT2D eigenvalue weighted by Gasteiger charge is 2.19. The molecule has 13 heavy (non-hydrogen) atoms. The van der Waals surface area contributed by atoms with Crippen LogP contribution in [0.25, 0.3) is 0 Å². The molecule has 0 aromatic carbocycles. The van der Waals surface area contributed by atoms with E-state index in [2.05, 4.69) is 38.0 Å². The molecule has 0 aromatic heterocycles. The smallest absolute Gasteiger partial charge is 0.0195 e. The lowest BCUT2D eigenvalue weighted by atomic mass is 10.0. The second kappa shape index (κ2) is 4.97. The van der Waals surface area contributed by atoms with Gasteiger partial charge >= 0.3 is 0 Å². The fourth-order valence-electron chi connectivity index (χ4n) is 1.94. The Kier molecular flexibility index (Phi) is 4.20. The number of nitrogens with zero attached hydrogens (tertiary/aromatic N) is 1. The molecule has 0 spiro atoms. The Morgan fingerprint density at radius 2 is 2.08 bits per heavy atom. The van der Waals surface area contributed by atoms with Crippen LogP contribution in [0.5, 0.6) is 0 Å². The van der Waals surface area contributed by atoms with E-state index in [1.54, 1.807) is 0 Å². The van der Waals surface area contributed by atoms with Crippen molar-refractivity contribution >= 4 is 0 Å². The third kappa shape index (κ3) is 3.28. The van der Waals surface area contributed by atoms with Gasteiger partial charge in [0.05, 0.1) is 0 Å². The Morgan fingerprint density at radius 3 is 2.54 bits per heavy atom. The van der Waals surface area contributed by atoms with Crippen molar-refractivity contribution in [2.24, 2.45) is 5.92 Å².